The third kappa shape index (κ3) is 4.81. The Morgan fingerprint density at radius 3 is 2.43 bits per heavy atom. The second kappa shape index (κ2) is 6.37. The van der Waals surface area contributed by atoms with Crippen LogP contribution in [0.15, 0.2) is 0 Å². The summed E-state index contributed by atoms with van der Waals surface area (Å²) >= 11 is 0. The number of carbonyl (C=O) groups is 2. The van der Waals surface area contributed by atoms with Crippen molar-refractivity contribution < 1.29 is 19.4 Å². The van der Waals surface area contributed by atoms with Crippen LogP contribution in [0.25, 0.3) is 0 Å². The van der Waals surface area contributed by atoms with Crippen LogP contribution in [0, 0.1) is 0 Å². The molecule has 0 aliphatic carbocycles. The zero-order valence-corrected chi connectivity index (χ0v) is 8.74. The van der Waals surface area contributed by atoms with Gasteiger partial charge in [0.05, 0.1) is 12.7 Å². The average Bonchev–Trinajstić information content (AvgIpc) is 2.09. The minimum Gasteiger partial charge on any atom is -0.464 e. The van der Waals surface area contributed by atoms with Crippen molar-refractivity contribution in [3.05, 3.63) is 0 Å². The Bertz CT molecular complexity index is 203. The average molecular weight is 203 g/mol. The highest BCUT2D eigenvalue weighted by Gasteiger charge is 2.25. The lowest BCUT2D eigenvalue weighted by Crippen LogP contribution is -2.47. The second-order valence-electron chi connectivity index (χ2n) is 3.09. The van der Waals surface area contributed by atoms with Crippen LogP contribution >= 0.6 is 0 Å². The monoisotopic (exact) mass is 203 g/mol. The minimum absolute atomic E-state index is 0.293. The molecule has 5 nitrogen and oxygen atoms in total. The summed E-state index contributed by atoms with van der Waals surface area (Å²) in [6, 6.07) is -0.973. The van der Waals surface area contributed by atoms with Crippen LogP contribution < -0.4 is 5.32 Å². The number of nitrogens with one attached hydrogen (secondary N) is 1. The molecular weight excluding hydrogens is 186 g/mol. The Morgan fingerprint density at radius 2 is 2.07 bits per heavy atom. The van der Waals surface area contributed by atoms with Crippen LogP contribution in [-0.2, 0) is 14.3 Å². The number of aliphatic hydroxyl groups is 1. The van der Waals surface area contributed by atoms with Gasteiger partial charge in [-0.25, -0.2) is 4.79 Å². The first kappa shape index (κ1) is 12.9. The van der Waals surface area contributed by atoms with Crippen molar-refractivity contribution in [2.24, 2.45) is 0 Å². The maximum Gasteiger partial charge on any atom is 0.331 e. The highest BCUT2D eigenvalue weighted by atomic mass is 16.5. The Balaban J connectivity index is 4.19. The van der Waals surface area contributed by atoms with E-state index in [1.165, 1.54) is 13.8 Å². The summed E-state index contributed by atoms with van der Waals surface area (Å²) in [5, 5.41) is 11.5. The number of ether oxygens (including phenoxy) is 1. The first-order valence-electron chi connectivity index (χ1n) is 4.60. The number of esters is 1. The van der Waals surface area contributed by atoms with E-state index in [4.69, 9.17) is 4.74 Å². The van der Waals surface area contributed by atoms with E-state index in [1.54, 1.807) is 0 Å². The topological polar surface area (TPSA) is 75.6 Å². The van der Waals surface area contributed by atoms with Gasteiger partial charge in [0.1, 0.15) is 0 Å². The molecule has 82 valence electrons. The molecule has 0 heterocycles. The van der Waals surface area contributed by atoms with Crippen molar-refractivity contribution in [1.29, 1.82) is 0 Å². The number of rotatable bonds is 5. The summed E-state index contributed by atoms with van der Waals surface area (Å²) in [6.07, 6.45) is -0.249. The lowest BCUT2D eigenvalue weighted by Gasteiger charge is -2.18. The fraction of sp³-hybridized carbons (Fsp3) is 0.778. The summed E-state index contributed by atoms with van der Waals surface area (Å²) < 4.78 is 4.80. The van der Waals surface area contributed by atoms with Gasteiger partial charge < -0.3 is 15.2 Å². The number of hydrogen-bond donors (Lipinski definition) is 2. The van der Waals surface area contributed by atoms with Crippen LogP contribution in [0.5, 0.6) is 0 Å². The molecule has 2 atom stereocenters. The fourth-order valence-corrected chi connectivity index (χ4v) is 0.888. The van der Waals surface area contributed by atoms with Crippen molar-refractivity contribution in [1.82, 2.24) is 5.32 Å². The third-order valence-electron chi connectivity index (χ3n) is 1.54. The molecule has 0 radical (unpaired) electrons. The molecule has 0 saturated carbocycles. The van der Waals surface area contributed by atoms with Gasteiger partial charge in [0, 0.05) is 6.92 Å². The second-order valence-corrected chi connectivity index (χ2v) is 3.09. The minimum atomic E-state index is -0.973. The summed E-state index contributed by atoms with van der Waals surface area (Å²) in [7, 11) is 0. The predicted molar refractivity (Wildman–Crippen MR) is 50.5 cm³/mol. The van der Waals surface area contributed by atoms with Crippen LogP contribution in [0.2, 0.25) is 0 Å². The molecule has 0 aliphatic rings. The van der Waals surface area contributed by atoms with E-state index >= 15 is 0 Å². The Kier molecular flexibility index (Phi) is 5.87. The predicted octanol–water partition coefficient (Wildman–Crippen LogP) is -0.175. The summed E-state index contributed by atoms with van der Waals surface area (Å²) in [5.74, 6) is -0.971. The smallest absolute Gasteiger partial charge is 0.331 e. The molecule has 0 saturated heterocycles. The zero-order chi connectivity index (χ0) is 11.1. The molecule has 0 fully saturated rings. The largest absolute Gasteiger partial charge is 0.464 e. The lowest BCUT2D eigenvalue weighted by atomic mass is 10.2. The first-order chi connectivity index (χ1) is 6.49. The molecule has 0 aromatic heterocycles. The lowest BCUT2D eigenvalue weighted by molar-refractivity contribution is -0.150. The zero-order valence-electron chi connectivity index (χ0n) is 8.74. The summed E-state index contributed by atoms with van der Waals surface area (Å²) in [6.45, 7) is 4.86. The van der Waals surface area contributed by atoms with Gasteiger partial charge in [-0.15, -0.1) is 0 Å². The summed E-state index contributed by atoms with van der Waals surface area (Å²) in [4.78, 5) is 22.0. The van der Waals surface area contributed by atoms with Crippen molar-refractivity contribution >= 4 is 11.9 Å². The van der Waals surface area contributed by atoms with E-state index in [0.29, 0.717) is 13.0 Å². The van der Waals surface area contributed by atoms with Gasteiger partial charge in [-0.3, -0.25) is 4.79 Å². The van der Waals surface area contributed by atoms with Crippen molar-refractivity contribution in [3.8, 4) is 0 Å². The maximum absolute atomic E-state index is 11.3. The molecule has 2 N–H and O–H groups in total. The number of carbonyl (C=O) groups excluding carboxylic acids is 2. The number of hydrogen-bond acceptors (Lipinski definition) is 4. The van der Waals surface area contributed by atoms with E-state index in [0.717, 1.165) is 0 Å². The van der Waals surface area contributed by atoms with Crippen LogP contribution in [0.4, 0.5) is 0 Å². The van der Waals surface area contributed by atoms with Crippen LogP contribution in [0.1, 0.15) is 27.2 Å². The Morgan fingerprint density at radius 1 is 1.50 bits per heavy atom. The van der Waals surface area contributed by atoms with Gasteiger partial charge in [0.25, 0.3) is 0 Å². The quantitative estimate of drug-likeness (QED) is 0.608. The number of amides is 1. The molecule has 0 aromatic carbocycles. The van der Waals surface area contributed by atoms with E-state index < -0.39 is 18.1 Å². The Hall–Kier alpha value is -1.10. The molecule has 0 bridgehead atoms. The molecular formula is C9H17NO4. The molecule has 1 amide bonds. The molecule has 14 heavy (non-hydrogen) atoms. The third-order valence-corrected chi connectivity index (χ3v) is 1.54. The van der Waals surface area contributed by atoms with Crippen molar-refractivity contribution in [2.45, 2.75) is 39.3 Å². The maximum atomic E-state index is 11.3. The first-order valence-corrected chi connectivity index (χ1v) is 4.60. The normalized spacial score (nSPS) is 14.3. The van der Waals surface area contributed by atoms with Gasteiger partial charge in [-0.1, -0.05) is 6.92 Å². The van der Waals surface area contributed by atoms with Gasteiger partial charge in [0.15, 0.2) is 6.04 Å². The van der Waals surface area contributed by atoms with Gasteiger partial charge in [-0.05, 0) is 13.3 Å². The molecule has 0 spiro atoms. The highest BCUT2D eigenvalue weighted by molar-refractivity contribution is 5.83. The SMILES string of the molecule is CCCOC(=O)C(NC(C)=O)C(C)O. The molecule has 0 rings (SSSR count). The van der Waals surface area contributed by atoms with Crippen LogP contribution in [-0.4, -0.2) is 35.7 Å². The van der Waals surface area contributed by atoms with Crippen molar-refractivity contribution in [3.63, 3.8) is 0 Å². The molecule has 2 unspecified atom stereocenters. The van der Waals surface area contributed by atoms with Crippen molar-refractivity contribution in [2.75, 3.05) is 6.61 Å². The standard InChI is InChI=1S/C9H17NO4/c1-4-5-14-9(13)8(6(2)11)10-7(3)12/h6,8,11H,4-5H2,1-3H3,(H,10,12). The van der Waals surface area contributed by atoms with E-state index in [2.05, 4.69) is 5.32 Å². The molecule has 5 heteroatoms. The van der Waals surface area contributed by atoms with Gasteiger partial charge in [0.2, 0.25) is 5.91 Å². The highest BCUT2D eigenvalue weighted by Crippen LogP contribution is 1.97. The van der Waals surface area contributed by atoms with E-state index in [-0.39, 0.29) is 5.91 Å². The molecule has 0 aromatic rings. The molecule has 0 aliphatic heterocycles. The van der Waals surface area contributed by atoms with E-state index in [9.17, 15) is 14.7 Å². The summed E-state index contributed by atoms with van der Waals surface area (Å²) in [5.41, 5.74) is 0. The number of aliphatic hydroxyl groups excluding tert-OH is 1. The van der Waals surface area contributed by atoms with Crippen LogP contribution in [0.3, 0.4) is 0 Å². The van der Waals surface area contributed by atoms with Gasteiger partial charge in [-0.2, -0.15) is 0 Å². The van der Waals surface area contributed by atoms with E-state index in [1.807, 2.05) is 6.92 Å². The Labute approximate surface area is 83.4 Å². The fourth-order valence-electron chi connectivity index (χ4n) is 0.888. The van der Waals surface area contributed by atoms with Gasteiger partial charge >= 0.3 is 5.97 Å².